The van der Waals surface area contributed by atoms with Gasteiger partial charge in [0.05, 0.1) is 31.8 Å². The molecule has 0 aliphatic carbocycles. The van der Waals surface area contributed by atoms with E-state index >= 15 is 0 Å². The molecule has 0 fully saturated rings. The van der Waals surface area contributed by atoms with Gasteiger partial charge in [0.25, 0.3) is 0 Å². The molecule has 0 aliphatic rings. The monoisotopic (exact) mass is 538 g/mol. The van der Waals surface area contributed by atoms with Crippen LogP contribution in [0.1, 0.15) is 136 Å². The molecule has 1 atom stereocenters. The van der Waals surface area contributed by atoms with Gasteiger partial charge < -0.3 is 24.4 Å². The Hall–Kier alpha value is 0.0900. The Morgan fingerprint density at radius 3 is 1.03 bits per heavy atom. The summed E-state index contributed by atoms with van der Waals surface area (Å²) in [7, 11) is 0. The molecule has 220 valence electrons. The van der Waals surface area contributed by atoms with Crippen molar-refractivity contribution in [3.63, 3.8) is 0 Å². The van der Waals surface area contributed by atoms with Crippen molar-refractivity contribution in [2.24, 2.45) is 0 Å². The van der Waals surface area contributed by atoms with Gasteiger partial charge in [-0.15, -0.1) is 11.6 Å². The molecule has 0 amide bonds. The number of alkyl halides is 1. The summed E-state index contributed by atoms with van der Waals surface area (Å²) in [6.07, 6.45) is 21.9. The van der Waals surface area contributed by atoms with Crippen molar-refractivity contribution < 1.29 is 24.4 Å². The fourth-order valence-electron chi connectivity index (χ4n) is 3.70. The van der Waals surface area contributed by atoms with Crippen molar-refractivity contribution in [1.82, 2.24) is 0 Å². The Bertz CT molecular complexity index is 353. The van der Waals surface area contributed by atoms with Crippen LogP contribution in [-0.2, 0) is 14.2 Å². The van der Waals surface area contributed by atoms with E-state index in [0.717, 1.165) is 39.1 Å². The lowest BCUT2D eigenvalue weighted by atomic mass is 10.1. The van der Waals surface area contributed by atoms with Crippen LogP contribution in [0.2, 0.25) is 0 Å². The van der Waals surface area contributed by atoms with Gasteiger partial charge in [-0.1, -0.05) is 117 Å². The molecule has 0 aliphatic heterocycles. The molecule has 0 bridgehead atoms. The molecule has 36 heavy (non-hydrogen) atoms. The zero-order valence-electron chi connectivity index (χ0n) is 24.3. The molecule has 0 saturated heterocycles. The molecule has 0 aromatic heterocycles. The summed E-state index contributed by atoms with van der Waals surface area (Å²) in [5, 5.41) is 18.8. The first kappa shape index (κ1) is 38.2. The smallest absolute Gasteiger partial charge is 0.101 e. The van der Waals surface area contributed by atoms with Crippen LogP contribution >= 0.6 is 11.6 Å². The summed E-state index contributed by atoms with van der Waals surface area (Å²) < 4.78 is 16.2. The Kier molecular flexibility index (Phi) is 37.3. The van der Waals surface area contributed by atoms with Gasteiger partial charge in [0.15, 0.2) is 0 Å². The summed E-state index contributed by atoms with van der Waals surface area (Å²) in [4.78, 5) is 0. The van der Waals surface area contributed by atoms with Crippen LogP contribution in [-0.4, -0.2) is 67.9 Å². The second-order valence-corrected chi connectivity index (χ2v) is 10.3. The Labute approximate surface area is 230 Å². The summed E-state index contributed by atoms with van der Waals surface area (Å²) >= 11 is 5.42. The predicted octanol–water partition coefficient (Wildman–Crippen LogP) is 8.06. The van der Waals surface area contributed by atoms with Crippen molar-refractivity contribution in [2.45, 2.75) is 149 Å². The van der Waals surface area contributed by atoms with Crippen LogP contribution in [0.15, 0.2) is 0 Å². The maximum atomic E-state index is 9.74. The summed E-state index contributed by atoms with van der Waals surface area (Å²) in [6.45, 7) is 10.2. The number of ether oxygens (including phenoxy) is 3. The van der Waals surface area contributed by atoms with E-state index in [9.17, 15) is 5.11 Å². The lowest BCUT2D eigenvalue weighted by molar-refractivity contribution is -0.0201. The maximum Gasteiger partial charge on any atom is 0.101 e. The number of rotatable bonds is 28. The quantitative estimate of drug-likeness (QED) is 0.0778. The highest BCUT2D eigenvalue weighted by Crippen LogP contribution is 2.07. The normalized spacial score (nSPS) is 12.1. The highest BCUT2D eigenvalue weighted by Gasteiger charge is 2.04. The Morgan fingerprint density at radius 1 is 0.444 bits per heavy atom. The first-order valence-electron chi connectivity index (χ1n) is 15.3. The first-order valence-corrected chi connectivity index (χ1v) is 15.8. The zero-order valence-corrected chi connectivity index (χ0v) is 25.1. The van der Waals surface area contributed by atoms with Crippen LogP contribution in [0.5, 0.6) is 0 Å². The van der Waals surface area contributed by atoms with E-state index < -0.39 is 12.2 Å². The highest BCUT2D eigenvalue weighted by atomic mass is 35.5. The Balaban J connectivity index is 0. The molecule has 2 N–H and O–H groups in total. The fourth-order valence-corrected chi connectivity index (χ4v) is 3.79. The number of halogens is 1. The topological polar surface area (TPSA) is 68.2 Å². The van der Waals surface area contributed by atoms with Gasteiger partial charge in [0.2, 0.25) is 0 Å². The molecule has 6 heteroatoms. The van der Waals surface area contributed by atoms with E-state index in [1.54, 1.807) is 0 Å². The second kappa shape index (κ2) is 35.1. The average molecular weight is 539 g/mol. The summed E-state index contributed by atoms with van der Waals surface area (Å²) in [6, 6.07) is 0. The SMILES string of the molecule is CCCCCCCCOCC(O)CCl.CCCCCCCCOCC(O)COCCCCCCCC. The van der Waals surface area contributed by atoms with Crippen molar-refractivity contribution in [3.8, 4) is 0 Å². The van der Waals surface area contributed by atoms with Crippen LogP contribution in [0, 0.1) is 0 Å². The minimum Gasteiger partial charge on any atom is -0.389 e. The first-order chi connectivity index (χ1) is 17.6. The van der Waals surface area contributed by atoms with Crippen LogP contribution < -0.4 is 0 Å². The van der Waals surface area contributed by atoms with E-state index in [0.29, 0.717) is 19.8 Å². The lowest BCUT2D eigenvalue weighted by Crippen LogP contribution is -2.22. The van der Waals surface area contributed by atoms with Gasteiger partial charge in [0, 0.05) is 19.8 Å². The minimum atomic E-state index is -0.503. The van der Waals surface area contributed by atoms with Crippen LogP contribution in [0.25, 0.3) is 0 Å². The molecule has 0 radical (unpaired) electrons. The third kappa shape index (κ3) is 36.2. The van der Waals surface area contributed by atoms with Gasteiger partial charge in [-0.2, -0.15) is 0 Å². The molecule has 0 saturated carbocycles. The molecule has 1 unspecified atom stereocenters. The molecule has 0 heterocycles. The number of hydrogen-bond acceptors (Lipinski definition) is 5. The van der Waals surface area contributed by atoms with Gasteiger partial charge >= 0.3 is 0 Å². The molecule has 0 aromatic carbocycles. The van der Waals surface area contributed by atoms with Crippen molar-refractivity contribution in [1.29, 1.82) is 0 Å². The minimum absolute atomic E-state index is 0.260. The van der Waals surface area contributed by atoms with Gasteiger partial charge in [-0.25, -0.2) is 0 Å². The molecular formula is C30H63ClO5. The largest absolute Gasteiger partial charge is 0.389 e. The molecular weight excluding hydrogens is 476 g/mol. The van der Waals surface area contributed by atoms with Crippen molar-refractivity contribution >= 4 is 11.6 Å². The van der Waals surface area contributed by atoms with Crippen LogP contribution in [0.4, 0.5) is 0 Å². The van der Waals surface area contributed by atoms with Gasteiger partial charge in [-0.3, -0.25) is 0 Å². The predicted molar refractivity (Wildman–Crippen MR) is 155 cm³/mol. The molecule has 0 aromatic rings. The lowest BCUT2D eigenvalue weighted by Gasteiger charge is -2.12. The second-order valence-electron chi connectivity index (χ2n) is 9.99. The number of aliphatic hydroxyl groups excluding tert-OH is 2. The summed E-state index contributed by atoms with van der Waals surface area (Å²) in [5.41, 5.74) is 0. The average Bonchev–Trinajstić information content (AvgIpc) is 2.89. The fraction of sp³-hybridized carbons (Fsp3) is 1.00. The summed E-state index contributed by atoms with van der Waals surface area (Å²) in [5.74, 6) is 0.260. The zero-order chi connectivity index (χ0) is 27.0. The molecule has 5 nitrogen and oxygen atoms in total. The van der Waals surface area contributed by atoms with Crippen molar-refractivity contribution in [2.75, 3.05) is 45.5 Å². The van der Waals surface area contributed by atoms with Crippen molar-refractivity contribution in [3.05, 3.63) is 0 Å². The van der Waals surface area contributed by atoms with E-state index in [-0.39, 0.29) is 5.88 Å². The third-order valence-electron chi connectivity index (χ3n) is 6.04. The van der Waals surface area contributed by atoms with Gasteiger partial charge in [-0.05, 0) is 19.3 Å². The van der Waals surface area contributed by atoms with E-state index in [2.05, 4.69) is 20.8 Å². The number of hydrogen-bond donors (Lipinski definition) is 2. The van der Waals surface area contributed by atoms with Crippen LogP contribution in [0.3, 0.4) is 0 Å². The molecule has 0 rings (SSSR count). The molecule has 0 spiro atoms. The standard InChI is InChI=1S/C19H40O3.C11H23ClO2/c1-3-5-7-9-11-13-15-21-17-19(20)18-22-16-14-12-10-8-6-4-2;1-2-3-4-5-6-7-8-14-10-11(13)9-12/h19-20H,3-18H2,1-2H3;11,13H,2-10H2,1H3. The maximum absolute atomic E-state index is 9.74. The Morgan fingerprint density at radius 2 is 0.722 bits per heavy atom. The van der Waals surface area contributed by atoms with E-state index in [1.165, 1.54) is 96.3 Å². The third-order valence-corrected chi connectivity index (χ3v) is 6.39. The highest BCUT2D eigenvalue weighted by molar-refractivity contribution is 6.18. The van der Waals surface area contributed by atoms with Gasteiger partial charge in [0.1, 0.15) is 6.10 Å². The number of aliphatic hydroxyl groups is 2. The van der Waals surface area contributed by atoms with E-state index in [4.69, 9.17) is 30.9 Å². The number of unbranched alkanes of at least 4 members (excludes halogenated alkanes) is 15. The van der Waals surface area contributed by atoms with E-state index in [1.807, 2.05) is 0 Å².